The summed E-state index contributed by atoms with van der Waals surface area (Å²) in [5.74, 6) is 0.746. The molecule has 1 aromatic heterocycles. The number of sulfonamides is 1. The number of nitrogens with one attached hydrogen (secondary N) is 1. The molecule has 7 nitrogen and oxygen atoms in total. The van der Waals surface area contributed by atoms with Crippen molar-refractivity contribution in [2.45, 2.75) is 10.9 Å². The fourth-order valence-electron chi connectivity index (χ4n) is 2.94. The molecule has 1 saturated heterocycles. The van der Waals surface area contributed by atoms with Crippen molar-refractivity contribution in [3.8, 4) is 0 Å². The third-order valence-corrected chi connectivity index (χ3v) is 6.23. The summed E-state index contributed by atoms with van der Waals surface area (Å²) in [4.78, 5) is 6.60. The predicted octanol–water partition coefficient (Wildman–Crippen LogP) is 0.821. The Kier molecular flexibility index (Phi) is 4.62. The largest absolute Gasteiger partial charge is 0.378 e. The van der Waals surface area contributed by atoms with E-state index in [1.807, 2.05) is 48.9 Å². The molecule has 0 spiro atoms. The first-order chi connectivity index (χ1) is 11.4. The third kappa shape index (κ3) is 3.04. The van der Waals surface area contributed by atoms with Crippen LogP contribution in [0.3, 0.4) is 0 Å². The normalized spacial score (nSPS) is 19.4. The molecule has 0 saturated carbocycles. The van der Waals surface area contributed by atoms with Gasteiger partial charge in [0.1, 0.15) is 5.82 Å². The first kappa shape index (κ1) is 16.9. The van der Waals surface area contributed by atoms with Crippen molar-refractivity contribution in [2.75, 3.05) is 38.6 Å². The molecule has 1 aliphatic rings. The molecular formula is C16H23N5O2S. The number of hydrogen-bond donors (Lipinski definition) is 1. The van der Waals surface area contributed by atoms with E-state index in [4.69, 9.17) is 0 Å². The minimum Gasteiger partial charge on any atom is -0.378 e. The number of hydrogen-bond acceptors (Lipinski definition) is 5. The molecule has 0 aliphatic carbocycles. The van der Waals surface area contributed by atoms with Crippen molar-refractivity contribution in [3.05, 3.63) is 42.5 Å². The van der Waals surface area contributed by atoms with Crippen LogP contribution in [-0.4, -0.2) is 56.0 Å². The SMILES string of the molecule is CN(C)c1ccc(S(=O)(=O)N2CCNCC2c2nccn2C)cc1. The zero-order chi connectivity index (χ0) is 17.3. The fraction of sp³-hybridized carbons (Fsp3) is 0.438. The van der Waals surface area contributed by atoms with E-state index in [1.165, 1.54) is 0 Å². The highest BCUT2D eigenvalue weighted by atomic mass is 32.2. The van der Waals surface area contributed by atoms with Gasteiger partial charge >= 0.3 is 0 Å². The zero-order valence-corrected chi connectivity index (χ0v) is 15.0. The number of benzene rings is 1. The molecule has 3 rings (SSSR count). The van der Waals surface area contributed by atoms with E-state index in [1.54, 1.807) is 22.6 Å². The molecular weight excluding hydrogens is 326 g/mol. The van der Waals surface area contributed by atoms with Gasteiger partial charge in [-0.15, -0.1) is 0 Å². The number of anilines is 1. The van der Waals surface area contributed by atoms with Gasteiger partial charge in [0.25, 0.3) is 0 Å². The molecule has 1 N–H and O–H groups in total. The Labute approximate surface area is 143 Å². The maximum absolute atomic E-state index is 13.1. The second kappa shape index (κ2) is 6.54. The molecule has 1 fully saturated rings. The Morgan fingerprint density at radius 3 is 2.54 bits per heavy atom. The molecule has 0 radical (unpaired) electrons. The number of aromatic nitrogens is 2. The molecule has 24 heavy (non-hydrogen) atoms. The van der Waals surface area contributed by atoms with Crippen LogP contribution in [0.4, 0.5) is 5.69 Å². The van der Waals surface area contributed by atoms with Gasteiger partial charge in [0.05, 0.1) is 10.9 Å². The molecule has 1 aromatic carbocycles. The maximum Gasteiger partial charge on any atom is 0.243 e. The number of piperazine rings is 1. The lowest BCUT2D eigenvalue weighted by atomic mass is 10.2. The van der Waals surface area contributed by atoms with Crippen molar-refractivity contribution in [1.29, 1.82) is 0 Å². The smallest absolute Gasteiger partial charge is 0.243 e. The standard InChI is InChI=1S/C16H23N5O2S/c1-19(2)13-4-6-14(7-5-13)24(22,23)21-11-8-17-12-15(21)16-18-9-10-20(16)3/h4-7,9-10,15,17H,8,11-12H2,1-3H3. The second-order valence-electron chi connectivity index (χ2n) is 6.12. The van der Waals surface area contributed by atoms with Crippen molar-refractivity contribution >= 4 is 15.7 Å². The summed E-state index contributed by atoms with van der Waals surface area (Å²) in [5.41, 5.74) is 0.968. The van der Waals surface area contributed by atoms with Crippen molar-refractivity contribution in [2.24, 2.45) is 7.05 Å². The predicted molar refractivity (Wildman–Crippen MR) is 93.5 cm³/mol. The summed E-state index contributed by atoms with van der Waals surface area (Å²) < 4.78 is 29.7. The van der Waals surface area contributed by atoms with E-state index in [-0.39, 0.29) is 6.04 Å². The first-order valence-corrected chi connectivity index (χ1v) is 9.32. The molecule has 130 valence electrons. The maximum atomic E-state index is 13.1. The van der Waals surface area contributed by atoms with Crippen molar-refractivity contribution < 1.29 is 8.42 Å². The van der Waals surface area contributed by atoms with Crippen LogP contribution < -0.4 is 10.2 Å². The van der Waals surface area contributed by atoms with Crippen LogP contribution in [0.1, 0.15) is 11.9 Å². The molecule has 1 unspecified atom stereocenters. The van der Waals surface area contributed by atoms with E-state index < -0.39 is 10.0 Å². The van der Waals surface area contributed by atoms with E-state index in [0.29, 0.717) is 24.5 Å². The highest BCUT2D eigenvalue weighted by Gasteiger charge is 2.36. The van der Waals surface area contributed by atoms with Crippen LogP contribution in [-0.2, 0) is 17.1 Å². The van der Waals surface area contributed by atoms with Crippen molar-refractivity contribution in [3.63, 3.8) is 0 Å². The topological polar surface area (TPSA) is 70.5 Å². The van der Waals surface area contributed by atoms with E-state index in [2.05, 4.69) is 10.3 Å². The fourth-order valence-corrected chi connectivity index (χ4v) is 4.53. The van der Waals surface area contributed by atoms with Crippen LogP contribution in [0.5, 0.6) is 0 Å². The van der Waals surface area contributed by atoms with Gasteiger partial charge in [-0.05, 0) is 24.3 Å². The highest BCUT2D eigenvalue weighted by Crippen LogP contribution is 2.28. The average Bonchev–Trinajstić information content (AvgIpc) is 3.01. The molecule has 1 aliphatic heterocycles. The minimum atomic E-state index is -3.57. The van der Waals surface area contributed by atoms with Gasteiger partial charge in [-0.2, -0.15) is 4.31 Å². The summed E-state index contributed by atoms with van der Waals surface area (Å²) >= 11 is 0. The average molecular weight is 349 g/mol. The van der Waals surface area contributed by atoms with Gasteiger partial charge in [0.15, 0.2) is 0 Å². The molecule has 2 aromatic rings. The van der Waals surface area contributed by atoms with Crippen LogP contribution in [0.25, 0.3) is 0 Å². The first-order valence-electron chi connectivity index (χ1n) is 7.88. The summed E-state index contributed by atoms with van der Waals surface area (Å²) in [6.07, 6.45) is 3.53. The number of nitrogens with zero attached hydrogens (tertiary/aromatic N) is 4. The lowest BCUT2D eigenvalue weighted by Crippen LogP contribution is -2.49. The van der Waals surface area contributed by atoms with E-state index in [0.717, 1.165) is 11.5 Å². The van der Waals surface area contributed by atoms with E-state index >= 15 is 0 Å². The second-order valence-corrected chi connectivity index (χ2v) is 8.01. The number of imidazole rings is 1. The highest BCUT2D eigenvalue weighted by molar-refractivity contribution is 7.89. The van der Waals surface area contributed by atoms with Crippen LogP contribution >= 0.6 is 0 Å². The van der Waals surface area contributed by atoms with Gasteiger partial charge in [-0.25, -0.2) is 13.4 Å². The van der Waals surface area contributed by atoms with Crippen LogP contribution in [0.15, 0.2) is 41.6 Å². The molecule has 0 bridgehead atoms. The molecule has 8 heteroatoms. The van der Waals surface area contributed by atoms with Gasteiger partial charge in [-0.1, -0.05) is 0 Å². The summed E-state index contributed by atoms with van der Waals surface area (Å²) in [7, 11) is 2.16. The zero-order valence-electron chi connectivity index (χ0n) is 14.2. The summed E-state index contributed by atoms with van der Waals surface area (Å²) in [6, 6.07) is 6.68. The Bertz CT molecular complexity index is 798. The Balaban J connectivity index is 1.95. The van der Waals surface area contributed by atoms with Crippen LogP contribution in [0, 0.1) is 0 Å². The Morgan fingerprint density at radius 1 is 1.25 bits per heavy atom. The quantitative estimate of drug-likeness (QED) is 0.885. The Morgan fingerprint density at radius 2 is 1.96 bits per heavy atom. The van der Waals surface area contributed by atoms with Gasteiger partial charge in [0, 0.05) is 58.9 Å². The molecule has 0 amide bonds. The minimum absolute atomic E-state index is 0.308. The van der Waals surface area contributed by atoms with Crippen molar-refractivity contribution in [1.82, 2.24) is 19.2 Å². The number of rotatable bonds is 4. The summed E-state index contributed by atoms with van der Waals surface area (Å²) in [5, 5.41) is 3.26. The molecule has 1 atom stereocenters. The van der Waals surface area contributed by atoms with Gasteiger partial charge < -0.3 is 14.8 Å². The molecule has 2 heterocycles. The monoisotopic (exact) mass is 349 g/mol. The van der Waals surface area contributed by atoms with Gasteiger partial charge in [0.2, 0.25) is 10.0 Å². The lowest BCUT2D eigenvalue weighted by Gasteiger charge is -2.34. The Hall–Kier alpha value is -1.90. The lowest BCUT2D eigenvalue weighted by molar-refractivity contribution is 0.258. The van der Waals surface area contributed by atoms with E-state index in [9.17, 15) is 8.42 Å². The summed E-state index contributed by atoms with van der Waals surface area (Å²) in [6.45, 7) is 1.62. The van der Waals surface area contributed by atoms with Crippen LogP contribution in [0.2, 0.25) is 0 Å². The number of aryl methyl sites for hydroxylation is 1. The van der Waals surface area contributed by atoms with Gasteiger partial charge in [-0.3, -0.25) is 0 Å². The third-order valence-electron chi connectivity index (χ3n) is 4.31.